The SMILES string of the molecule is O=C(CN1CCN(C2C3CC4CC(C3)CC2C4)CC1)Nc1cc([N+](=O)[O-])ccc1Cl. The molecule has 1 aliphatic heterocycles. The summed E-state index contributed by atoms with van der Waals surface area (Å²) in [4.78, 5) is 27.9. The number of carbonyl (C=O) groups excluding carboxylic acids is 1. The zero-order valence-corrected chi connectivity index (χ0v) is 17.9. The maximum atomic E-state index is 12.5. The van der Waals surface area contributed by atoms with Crippen molar-refractivity contribution < 1.29 is 9.72 Å². The molecular formula is C22H29ClN4O3. The minimum absolute atomic E-state index is 0.0843. The normalized spacial score (nSPS) is 33.6. The zero-order valence-electron chi connectivity index (χ0n) is 17.1. The fourth-order valence-electron chi connectivity index (χ4n) is 6.83. The number of hydrogen-bond acceptors (Lipinski definition) is 5. The molecule has 0 unspecified atom stereocenters. The van der Waals surface area contributed by atoms with Gasteiger partial charge in [0.15, 0.2) is 0 Å². The molecule has 6 rings (SSSR count). The second-order valence-electron chi connectivity index (χ2n) is 9.70. The number of carbonyl (C=O) groups is 1. The first-order valence-electron chi connectivity index (χ1n) is 11.2. The summed E-state index contributed by atoms with van der Waals surface area (Å²) in [5.41, 5.74) is 0.210. The molecule has 4 saturated carbocycles. The van der Waals surface area contributed by atoms with Crippen molar-refractivity contribution >= 4 is 28.9 Å². The fraction of sp³-hybridized carbons (Fsp3) is 0.682. The van der Waals surface area contributed by atoms with Crippen LogP contribution in [0.4, 0.5) is 11.4 Å². The molecule has 1 heterocycles. The van der Waals surface area contributed by atoms with Gasteiger partial charge in [-0.15, -0.1) is 0 Å². The van der Waals surface area contributed by atoms with Crippen LogP contribution < -0.4 is 5.32 Å². The zero-order chi connectivity index (χ0) is 20.8. The summed E-state index contributed by atoms with van der Waals surface area (Å²) in [5.74, 6) is 3.60. The maximum absolute atomic E-state index is 12.5. The average Bonchev–Trinajstić information content (AvgIpc) is 2.70. The Kier molecular flexibility index (Phi) is 5.45. The summed E-state index contributed by atoms with van der Waals surface area (Å²) < 4.78 is 0. The third kappa shape index (κ3) is 3.95. The first kappa shape index (κ1) is 20.2. The van der Waals surface area contributed by atoms with Gasteiger partial charge in [-0.25, -0.2) is 0 Å². The van der Waals surface area contributed by atoms with Crippen LogP contribution in [0.15, 0.2) is 18.2 Å². The Labute approximate surface area is 181 Å². The smallest absolute Gasteiger partial charge is 0.271 e. The molecular weight excluding hydrogens is 404 g/mol. The van der Waals surface area contributed by atoms with E-state index in [4.69, 9.17) is 11.6 Å². The largest absolute Gasteiger partial charge is 0.323 e. The standard InChI is InChI=1S/C22H29ClN4O3/c23-19-2-1-18(27(29)30)12-20(19)24-21(28)13-25-3-5-26(6-4-25)22-16-8-14-7-15(10-16)11-17(22)9-14/h1-2,12,14-17,22H,3-11,13H2,(H,24,28). The third-order valence-electron chi connectivity index (χ3n) is 7.81. The number of benzene rings is 1. The van der Waals surface area contributed by atoms with Gasteiger partial charge in [0.1, 0.15) is 0 Å². The number of non-ortho nitro benzene ring substituents is 1. The molecule has 1 saturated heterocycles. The van der Waals surface area contributed by atoms with Crippen LogP contribution in [0.3, 0.4) is 0 Å². The molecule has 30 heavy (non-hydrogen) atoms. The highest BCUT2D eigenvalue weighted by molar-refractivity contribution is 6.33. The Morgan fingerprint density at radius 2 is 1.70 bits per heavy atom. The van der Waals surface area contributed by atoms with Gasteiger partial charge in [0.25, 0.3) is 5.69 Å². The van der Waals surface area contributed by atoms with Crippen molar-refractivity contribution in [2.45, 2.75) is 38.1 Å². The number of nitro groups is 1. The number of nitrogens with one attached hydrogen (secondary N) is 1. The lowest BCUT2D eigenvalue weighted by atomic mass is 9.54. The fourth-order valence-corrected chi connectivity index (χ4v) is 6.99. The molecule has 8 heteroatoms. The van der Waals surface area contributed by atoms with Gasteiger partial charge in [-0.2, -0.15) is 0 Å². The van der Waals surface area contributed by atoms with Crippen molar-refractivity contribution in [3.8, 4) is 0 Å². The molecule has 0 spiro atoms. The minimum atomic E-state index is -0.491. The molecule has 1 aromatic rings. The van der Waals surface area contributed by atoms with E-state index >= 15 is 0 Å². The Hall–Kier alpha value is -1.70. The molecule has 162 valence electrons. The van der Waals surface area contributed by atoms with E-state index < -0.39 is 4.92 Å². The van der Waals surface area contributed by atoms with E-state index in [2.05, 4.69) is 15.1 Å². The van der Waals surface area contributed by atoms with Gasteiger partial charge in [-0.05, 0) is 61.8 Å². The monoisotopic (exact) mass is 432 g/mol. The number of anilines is 1. The van der Waals surface area contributed by atoms with Crippen LogP contribution in [0.25, 0.3) is 0 Å². The maximum Gasteiger partial charge on any atom is 0.271 e. The van der Waals surface area contributed by atoms with Crippen molar-refractivity contribution in [1.29, 1.82) is 0 Å². The molecule has 4 bridgehead atoms. The number of piperazine rings is 1. The van der Waals surface area contributed by atoms with Gasteiger partial charge < -0.3 is 5.32 Å². The van der Waals surface area contributed by atoms with Crippen molar-refractivity contribution in [2.24, 2.45) is 23.7 Å². The summed E-state index contributed by atoms with van der Waals surface area (Å²) in [6.45, 7) is 4.11. The van der Waals surface area contributed by atoms with Crippen molar-refractivity contribution in [3.63, 3.8) is 0 Å². The molecule has 0 radical (unpaired) electrons. The van der Waals surface area contributed by atoms with Gasteiger partial charge in [-0.1, -0.05) is 11.6 Å². The lowest BCUT2D eigenvalue weighted by Crippen LogP contribution is -2.60. The van der Waals surface area contributed by atoms with Crippen LogP contribution in [-0.4, -0.2) is 59.4 Å². The lowest BCUT2D eigenvalue weighted by Gasteiger charge is -2.58. The second kappa shape index (κ2) is 8.09. The van der Waals surface area contributed by atoms with Crippen LogP contribution in [-0.2, 0) is 4.79 Å². The van der Waals surface area contributed by atoms with Gasteiger partial charge in [0.2, 0.25) is 5.91 Å². The third-order valence-corrected chi connectivity index (χ3v) is 8.14. The van der Waals surface area contributed by atoms with E-state index in [0.29, 0.717) is 10.7 Å². The van der Waals surface area contributed by atoms with E-state index in [1.807, 2.05) is 0 Å². The molecule has 1 aromatic carbocycles. The predicted octanol–water partition coefficient (Wildman–Crippen LogP) is 3.63. The van der Waals surface area contributed by atoms with Crippen molar-refractivity contribution in [2.75, 3.05) is 38.0 Å². The Balaban J connectivity index is 1.14. The van der Waals surface area contributed by atoms with E-state index in [1.54, 1.807) is 0 Å². The highest BCUT2D eigenvalue weighted by Crippen LogP contribution is 2.55. The van der Waals surface area contributed by atoms with E-state index in [9.17, 15) is 14.9 Å². The molecule has 1 N–H and O–H groups in total. The molecule has 5 aliphatic rings. The Morgan fingerprint density at radius 3 is 2.30 bits per heavy atom. The predicted molar refractivity (Wildman–Crippen MR) is 116 cm³/mol. The molecule has 4 aliphatic carbocycles. The van der Waals surface area contributed by atoms with Gasteiger partial charge >= 0.3 is 0 Å². The summed E-state index contributed by atoms with van der Waals surface area (Å²) in [5, 5.41) is 14.0. The highest BCUT2D eigenvalue weighted by Gasteiger charge is 2.50. The van der Waals surface area contributed by atoms with Gasteiger partial charge in [0, 0.05) is 44.4 Å². The first-order valence-corrected chi connectivity index (χ1v) is 11.5. The quantitative estimate of drug-likeness (QED) is 0.567. The number of hydrogen-bond donors (Lipinski definition) is 1. The lowest BCUT2D eigenvalue weighted by molar-refractivity contribution is -0.384. The van der Waals surface area contributed by atoms with Crippen LogP contribution >= 0.6 is 11.6 Å². The topological polar surface area (TPSA) is 78.7 Å². The molecule has 7 nitrogen and oxygen atoms in total. The molecule has 1 amide bonds. The first-order chi connectivity index (χ1) is 14.5. The number of rotatable bonds is 5. The van der Waals surface area contributed by atoms with Crippen LogP contribution in [0.2, 0.25) is 5.02 Å². The molecule has 0 aromatic heterocycles. The van der Waals surface area contributed by atoms with Crippen molar-refractivity contribution in [1.82, 2.24) is 9.80 Å². The highest BCUT2D eigenvalue weighted by atomic mass is 35.5. The summed E-state index contributed by atoms with van der Waals surface area (Å²) in [6, 6.07) is 4.85. The minimum Gasteiger partial charge on any atom is -0.323 e. The number of amides is 1. The van der Waals surface area contributed by atoms with Gasteiger partial charge in [-0.3, -0.25) is 24.7 Å². The van der Waals surface area contributed by atoms with Crippen LogP contribution in [0, 0.1) is 33.8 Å². The Morgan fingerprint density at radius 1 is 1.07 bits per heavy atom. The van der Waals surface area contributed by atoms with Crippen LogP contribution in [0.1, 0.15) is 32.1 Å². The van der Waals surface area contributed by atoms with Crippen molar-refractivity contribution in [3.05, 3.63) is 33.3 Å². The summed E-state index contributed by atoms with van der Waals surface area (Å²) in [7, 11) is 0. The van der Waals surface area contributed by atoms with E-state index in [1.165, 1.54) is 50.3 Å². The number of halogens is 1. The van der Waals surface area contributed by atoms with Crippen LogP contribution in [0.5, 0.6) is 0 Å². The van der Waals surface area contributed by atoms with Gasteiger partial charge in [0.05, 0.1) is 22.2 Å². The summed E-state index contributed by atoms with van der Waals surface area (Å²) in [6.07, 6.45) is 7.22. The Bertz CT molecular complexity index is 812. The number of nitrogens with zero attached hydrogens (tertiary/aromatic N) is 3. The molecule has 5 fully saturated rings. The van der Waals surface area contributed by atoms with E-state index in [0.717, 1.165) is 55.9 Å². The molecule has 0 atom stereocenters. The summed E-state index contributed by atoms with van der Waals surface area (Å²) >= 11 is 6.10. The van der Waals surface area contributed by atoms with E-state index in [-0.39, 0.29) is 18.1 Å². The average molecular weight is 433 g/mol. The second-order valence-corrected chi connectivity index (χ2v) is 10.1. The number of nitro benzene ring substituents is 1.